The van der Waals surface area contributed by atoms with E-state index < -0.39 is 15.8 Å². The van der Waals surface area contributed by atoms with Crippen molar-refractivity contribution in [3.63, 3.8) is 0 Å². The highest BCUT2D eigenvalue weighted by atomic mass is 32.2. The molecule has 168 valence electrons. The Morgan fingerprint density at radius 1 is 0.969 bits per heavy atom. The first kappa shape index (κ1) is 23.1. The number of hydrogen-bond acceptors (Lipinski definition) is 5. The molecule has 3 rings (SSSR count). The Morgan fingerprint density at radius 2 is 1.69 bits per heavy atom. The number of anilines is 1. The van der Waals surface area contributed by atoms with E-state index in [1.165, 1.54) is 42.5 Å². The summed E-state index contributed by atoms with van der Waals surface area (Å²) in [7, 11) is -0.857. The Labute approximate surface area is 186 Å². The first-order chi connectivity index (χ1) is 15.3. The van der Waals surface area contributed by atoms with Crippen LogP contribution in [-0.4, -0.2) is 35.1 Å². The lowest BCUT2D eigenvalue weighted by Crippen LogP contribution is -2.25. The van der Waals surface area contributed by atoms with Crippen molar-refractivity contribution in [3.8, 4) is 11.5 Å². The van der Waals surface area contributed by atoms with Crippen LogP contribution >= 0.6 is 0 Å². The number of nitrogens with one attached hydrogen (secondary N) is 2. The van der Waals surface area contributed by atoms with Crippen LogP contribution in [0.5, 0.6) is 11.5 Å². The monoisotopic (exact) mass is 458 g/mol. The maximum Gasteiger partial charge on any atom is 0.261 e. The quantitative estimate of drug-likeness (QED) is 0.511. The van der Waals surface area contributed by atoms with Gasteiger partial charge in [0.25, 0.3) is 15.9 Å². The van der Waals surface area contributed by atoms with Crippen LogP contribution in [0.4, 0.5) is 10.1 Å². The summed E-state index contributed by atoms with van der Waals surface area (Å²) in [6, 6.07) is 16.3. The molecule has 0 aromatic heterocycles. The molecule has 9 heteroatoms. The first-order valence-corrected chi connectivity index (χ1v) is 11.2. The molecular formula is C23H23FN2O5S. The molecule has 0 spiro atoms. The van der Waals surface area contributed by atoms with Crippen molar-refractivity contribution >= 4 is 21.6 Å². The largest absolute Gasteiger partial charge is 0.497 e. The molecule has 0 saturated heterocycles. The number of carbonyl (C=O) groups excluding carboxylic acids is 1. The van der Waals surface area contributed by atoms with Crippen molar-refractivity contribution in [2.75, 3.05) is 25.5 Å². The molecule has 0 bridgehead atoms. The lowest BCUT2D eigenvalue weighted by Gasteiger charge is -2.11. The molecule has 0 aliphatic heterocycles. The van der Waals surface area contributed by atoms with Gasteiger partial charge in [-0.2, -0.15) is 0 Å². The second kappa shape index (κ2) is 10.1. The summed E-state index contributed by atoms with van der Waals surface area (Å²) in [5.41, 5.74) is 1.06. The number of hydrogen-bond donors (Lipinski definition) is 2. The molecule has 1 amide bonds. The van der Waals surface area contributed by atoms with Crippen molar-refractivity contribution in [3.05, 3.63) is 83.7 Å². The van der Waals surface area contributed by atoms with Crippen LogP contribution in [0.25, 0.3) is 0 Å². The molecule has 0 heterocycles. The van der Waals surface area contributed by atoms with E-state index >= 15 is 0 Å². The van der Waals surface area contributed by atoms with E-state index in [1.807, 2.05) is 12.1 Å². The summed E-state index contributed by atoms with van der Waals surface area (Å²) >= 11 is 0. The van der Waals surface area contributed by atoms with E-state index in [2.05, 4.69) is 10.0 Å². The number of rotatable bonds is 9. The van der Waals surface area contributed by atoms with Crippen molar-refractivity contribution < 1.29 is 27.1 Å². The zero-order valence-corrected chi connectivity index (χ0v) is 18.4. The van der Waals surface area contributed by atoms with Gasteiger partial charge in [0, 0.05) is 18.2 Å². The minimum absolute atomic E-state index is 0.0831. The fourth-order valence-corrected chi connectivity index (χ4v) is 4.07. The molecule has 3 aromatic carbocycles. The maximum absolute atomic E-state index is 13.7. The molecule has 2 N–H and O–H groups in total. The Bertz CT molecular complexity index is 1200. The van der Waals surface area contributed by atoms with Crippen LogP contribution < -0.4 is 19.5 Å². The molecule has 0 saturated carbocycles. The summed E-state index contributed by atoms with van der Waals surface area (Å²) in [6.07, 6.45) is 0.540. The Balaban J connectivity index is 1.61. The predicted molar refractivity (Wildman–Crippen MR) is 119 cm³/mol. The highest BCUT2D eigenvalue weighted by Gasteiger charge is 2.17. The molecular weight excluding hydrogens is 435 g/mol. The van der Waals surface area contributed by atoms with Crippen LogP contribution in [0.2, 0.25) is 0 Å². The van der Waals surface area contributed by atoms with Gasteiger partial charge in [0.2, 0.25) is 0 Å². The number of halogens is 1. The number of amides is 1. The van der Waals surface area contributed by atoms with E-state index in [0.29, 0.717) is 30.0 Å². The molecule has 7 nitrogen and oxygen atoms in total. The van der Waals surface area contributed by atoms with E-state index in [-0.39, 0.29) is 16.5 Å². The van der Waals surface area contributed by atoms with Crippen molar-refractivity contribution in [1.29, 1.82) is 0 Å². The van der Waals surface area contributed by atoms with Gasteiger partial charge >= 0.3 is 0 Å². The molecule has 0 unspecified atom stereocenters. The average Bonchev–Trinajstić information content (AvgIpc) is 2.80. The van der Waals surface area contributed by atoms with Gasteiger partial charge in [-0.1, -0.05) is 18.2 Å². The number of sulfonamides is 1. The molecule has 0 fully saturated rings. The minimum Gasteiger partial charge on any atom is -0.497 e. The molecule has 0 aliphatic rings. The zero-order chi connectivity index (χ0) is 23.1. The van der Waals surface area contributed by atoms with Crippen LogP contribution in [0.1, 0.15) is 15.9 Å². The number of ether oxygens (including phenoxy) is 2. The fraction of sp³-hybridized carbons (Fsp3) is 0.174. The van der Waals surface area contributed by atoms with Crippen LogP contribution in [0.3, 0.4) is 0 Å². The van der Waals surface area contributed by atoms with Gasteiger partial charge in [-0.15, -0.1) is 0 Å². The summed E-state index contributed by atoms with van der Waals surface area (Å²) < 4.78 is 51.4. The summed E-state index contributed by atoms with van der Waals surface area (Å²) in [5, 5.41) is 2.79. The third-order valence-electron chi connectivity index (χ3n) is 4.72. The van der Waals surface area contributed by atoms with Gasteiger partial charge in [-0.3, -0.25) is 9.52 Å². The highest BCUT2D eigenvalue weighted by molar-refractivity contribution is 7.92. The maximum atomic E-state index is 13.7. The predicted octanol–water partition coefficient (Wildman–Crippen LogP) is 3.62. The van der Waals surface area contributed by atoms with Gasteiger partial charge < -0.3 is 14.8 Å². The summed E-state index contributed by atoms with van der Waals surface area (Å²) in [5.74, 6) is 0.314. The van der Waals surface area contributed by atoms with E-state index in [0.717, 1.165) is 11.6 Å². The SMILES string of the molecule is COc1ccc(CCNC(=O)c2ccc(S(=O)(=O)Nc3ccccc3F)cc2)c(OC)c1. The van der Waals surface area contributed by atoms with Crippen LogP contribution in [-0.2, 0) is 16.4 Å². The van der Waals surface area contributed by atoms with Gasteiger partial charge in [-0.05, 0) is 54.4 Å². The van der Waals surface area contributed by atoms with E-state index in [9.17, 15) is 17.6 Å². The van der Waals surface area contributed by atoms with Crippen LogP contribution in [0.15, 0.2) is 71.6 Å². The number of benzene rings is 3. The van der Waals surface area contributed by atoms with Crippen molar-refractivity contribution in [2.45, 2.75) is 11.3 Å². The van der Waals surface area contributed by atoms with E-state index in [4.69, 9.17) is 9.47 Å². The van der Waals surface area contributed by atoms with Crippen molar-refractivity contribution in [2.24, 2.45) is 0 Å². The van der Waals surface area contributed by atoms with E-state index in [1.54, 1.807) is 20.3 Å². The second-order valence-corrected chi connectivity index (χ2v) is 8.48. The third kappa shape index (κ3) is 5.55. The lowest BCUT2D eigenvalue weighted by atomic mass is 10.1. The standard InChI is InChI=1S/C23H23FN2O5S/c1-30-18-10-7-16(22(15-18)31-2)13-14-25-23(27)17-8-11-19(12-9-17)32(28,29)26-21-6-4-3-5-20(21)24/h3-12,15,26H,13-14H2,1-2H3,(H,25,27). The number of methoxy groups -OCH3 is 2. The smallest absolute Gasteiger partial charge is 0.261 e. The van der Waals surface area contributed by atoms with Crippen molar-refractivity contribution in [1.82, 2.24) is 5.32 Å². The second-order valence-electron chi connectivity index (χ2n) is 6.79. The third-order valence-corrected chi connectivity index (χ3v) is 6.10. The topological polar surface area (TPSA) is 93.7 Å². The lowest BCUT2D eigenvalue weighted by molar-refractivity contribution is 0.0954. The van der Waals surface area contributed by atoms with Gasteiger partial charge in [0.1, 0.15) is 17.3 Å². The average molecular weight is 459 g/mol. The highest BCUT2D eigenvalue weighted by Crippen LogP contribution is 2.25. The molecule has 0 atom stereocenters. The van der Waals surface area contributed by atoms with Crippen LogP contribution in [0, 0.1) is 5.82 Å². The number of carbonyl (C=O) groups is 1. The Morgan fingerprint density at radius 3 is 2.34 bits per heavy atom. The number of para-hydroxylation sites is 1. The van der Waals surface area contributed by atoms with Gasteiger partial charge in [0.05, 0.1) is 24.8 Å². The zero-order valence-electron chi connectivity index (χ0n) is 17.6. The minimum atomic E-state index is -3.99. The Hall–Kier alpha value is -3.59. The summed E-state index contributed by atoms with van der Waals surface area (Å²) in [6.45, 7) is 0.358. The molecule has 3 aromatic rings. The van der Waals surface area contributed by atoms with Gasteiger partial charge in [0.15, 0.2) is 0 Å². The Kier molecular flexibility index (Phi) is 7.32. The summed E-state index contributed by atoms with van der Waals surface area (Å²) in [4.78, 5) is 12.3. The first-order valence-electron chi connectivity index (χ1n) is 9.70. The fourth-order valence-electron chi connectivity index (χ4n) is 3.00. The molecule has 0 aliphatic carbocycles. The molecule has 0 radical (unpaired) electrons. The van der Waals surface area contributed by atoms with Gasteiger partial charge in [-0.25, -0.2) is 12.8 Å². The normalized spacial score (nSPS) is 11.0. The molecule has 32 heavy (non-hydrogen) atoms.